The predicted molar refractivity (Wildman–Crippen MR) is 135 cm³/mol. The molecule has 1 fully saturated rings. The van der Waals surface area contributed by atoms with Crippen LogP contribution >= 0.6 is 0 Å². The van der Waals surface area contributed by atoms with Crippen molar-refractivity contribution in [3.05, 3.63) is 60.1 Å². The molecular weight excluding hydrogens is 460 g/mol. The van der Waals surface area contributed by atoms with Crippen LogP contribution in [0.2, 0.25) is 0 Å². The number of nitriles is 1. The average Bonchev–Trinajstić information content (AvgIpc) is 2.87. The van der Waals surface area contributed by atoms with Crippen molar-refractivity contribution in [3.63, 3.8) is 0 Å². The Morgan fingerprint density at radius 3 is 2.47 bits per heavy atom. The maximum atomic E-state index is 12.7. The number of hydrogen-bond donors (Lipinski definition) is 0. The smallest absolute Gasteiger partial charge is 0.410 e. The molecule has 36 heavy (non-hydrogen) atoms. The molecule has 1 aromatic heterocycles. The molecule has 1 aliphatic heterocycles. The fourth-order valence-electron chi connectivity index (χ4n) is 3.54. The van der Waals surface area contributed by atoms with Crippen LogP contribution in [-0.2, 0) is 9.47 Å². The van der Waals surface area contributed by atoms with Gasteiger partial charge in [-0.05, 0) is 26.3 Å². The zero-order valence-corrected chi connectivity index (χ0v) is 21.0. The van der Waals surface area contributed by atoms with Crippen LogP contribution in [-0.4, -0.2) is 83.4 Å². The molecule has 10 heteroatoms. The minimum Gasteiger partial charge on any atom is -0.448 e. The van der Waals surface area contributed by atoms with Crippen molar-refractivity contribution in [3.8, 4) is 6.07 Å². The Labute approximate surface area is 211 Å². The molecule has 10 nitrogen and oxygen atoms in total. The molecule has 1 saturated heterocycles. The number of anilines is 1. The molecule has 0 spiro atoms. The molecule has 2 aromatic rings. The normalized spacial score (nSPS) is 13.8. The summed E-state index contributed by atoms with van der Waals surface area (Å²) in [6, 6.07) is 11.8. The number of piperazine rings is 1. The molecule has 0 bridgehead atoms. The second kappa shape index (κ2) is 12.5. The number of nitrogens with zero attached hydrogens (tertiary/aromatic N) is 6. The monoisotopic (exact) mass is 492 g/mol. The second-order valence-corrected chi connectivity index (χ2v) is 9.17. The first-order valence-corrected chi connectivity index (χ1v) is 11.8. The van der Waals surface area contributed by atoms with Gasteiger partial charge >= 0.3 is 12.2 Å². The number of amides is 2. The Hall–Kier alpha value is -4.13. The van der Waals surface area contributed by atoms with E-state index in [1.54, 1.807) is 11.1 Å². The molecule has 0 unspecified atom stereocenters. The van der Waals surface area contributed by atoms with Crippen LogP contribution in [0.15, 0.2) is 48.8 Å². The van der Waals surface area contributed by atoms with Gasteiger partial charge in [-0.1, -0.05) is 42.5 Å². The second-order valence-electron chi connectivity index (χ2n) is 9.17. The predicted octanol–water partition coefficient (Wildman–Crippen LogP) is 3.56. The lowest BCUT2D eigenvalue weighted by Gasteiger charge is -2.35. The fraction of sp³-hybridized carbons (Fsp3) is 0.423. The highest BCUT2D eigenvalue weighted by Crippen LogP contribution is 2.17. The van der Waals surface area contributed by atoms with Gasteiger partial charge in [0.05, 0.1) is 6.54 Å². The van der Waals surface area contributed by atoms with Gasteiger partial charge in [0.25, 0.3) is 0 Å². The van der Waals surface area contributed by atoms with E-state index in [4.69, 9.17) is 9.47 Å². The van der Waals surface area contributed by atoms with Gasteiger partial charge in [-0.25, -0.2) is 19.6 Å². The zero-order chi connectivity index (χ0) is 26.0. The molecular formula is C26H32N6O4. The third-order valence-corrected chi connectivity index (χ3v) is 5.30. The number of ether oxygens (including phenoxy) is 2. The van der Waals surface area contributed by atoms with E-state index in [1.807, 2.05) is 74.2 Å². The van der Waals surface area contributed by atoms with Crippen molar-refractivity contribution in [2.45, 2.75) is 26.4 Å². The number of hydrogen-bond acceptors (Lipinski definition) is 8. The lowest BCUT2D eigenvalue weighted by Crippen LogP contribution is -2.49. The number of carbonyl (C=O) groups is 2. The maximum absolute atomic E-state index is 12.7. The highest BCUT2D eigenvalue weighted by atomic mass is 16.6. The summed E-state index contributed by atoms with van der Waals surface area (Å²) in [5.41, 5.74) is 0.649. The third-order valence-electron chi connectivity index (χ3n) is 5.30. The molecule has 0 atom stereocenters. The highest BCUT2D eigenvalue weighted by molar-refractivity contribution is 5.69. The average molecular weight is 493 g/mol. The molecule has 0 aliphatic carbocycles. The van der Waals surface area contributed by atoms with Gasteiger partial charge in [0, 0.05) is 45.1 Å². The van der Waals surface area contributed by atoms with Crippen molar-refractivity contribution in [2.24, 2.45) is 0 Å². The van der Waals surface area contributed by atoms with Gasteiger partial charge in [-0.15, -0.1) is 0 Å². The Bertz CT molecular complexity index is 1090. The highest BCUT2D eigenvalue weighted by Gasteiger charge is 2.26. The van der Waals surface area contributed by atoms with Crippen molar-refractivity contribution in [1.29, 1.82) is 5.26 Å². The first-order chi connectivity index (χ1) is 17.3. The summed E-state index contributed by atoms with van der Waals surface area (Å²) >= 11 is 0. The minimum atomic E-state index is -0.636. The zero-order valence-electron chi connectivity index (χ0n) is 21.0. The van der Waals surface area contributed by atoms with Crippen LogP contribution < -0.4 is 4.90 Å². The van der Waals surface area contributed by atoms with Gasteiger partial charge in [-0.3, -0.25) is 0 Å². The van der Waals surface area contributed by atoms with Gasteiger partial charge < -0.3 is 24.2 Å². The van der Waals surface area contributed by atoms with Gasteiger partial charge in [-0.2, -0.15) is 5.26 Å². The quantitative estimate of drug-likeness (QED) is 0.577. The van der Waals surface area contributed by atoms with Crippen LogP contribution in [0.3, 0.4) is 0 Å². The van der Waals surface area contributed by atoms with E-state index in [-0.39, 0.29) is 18.8 Å². The minimum absolute atomic E-state index is 0.0419. The van der Waals surface area contributed by atoms with E-state index in [0.717, 1.165) is 5.56 Å². The first kappa shape index (κ1) is 26.5. The molecule has 190 valence electrons. The first-order valence-electron chi connectivity index (χ1n) is 11.8. The summed E-state index contributed by atoms with van der Waals surface area (Å²) in [4.78, 5) is 38.6. The van der Waals surface area contributed by atoms with Crippen molar-refractivity contribution >= 4 is 24.1 Å². The SMILES string of the molecule is CC(C)(C)OC(=O)N(C/C=C/c1ccccc1)CCOC(=O)N1CCN(c2nccnc2C#N)CC1. The van der Waals surface area contributed by atoms with E-state index in [9.17, 15) is 14.9 Å². The largest absolute Gasteiger partial charge is 0.448 e. The van der Waals surface area contributed by atoms with Gasteiger partial charge in [0.15, 0.2) is 11.5 Å². The Morgan fingerprint density at radius 1 is 1.11 bits per heavy atom. The molecule has 2 heterocycles. The lowest BCUT2D eigenvalue weighted by atomic mass is 10.2. The summed E-state index contributed by atoms with van der Waals surface area (Å²) in [6.45, 7) is 7.86. The Balaban J connectivity index is 1.50. The van der Waals surface area contributed by atoms with Crippen LogP contribution in [0.4, 0.5) is 15.4 Å². The molecule has 1 aliphatic rings. The standard InChI is InChI=1S/C26H32N6O4/c1-26(2,3)36-25(34)31(13-7-10-21-8-5-4-6-9-21)18-19-35-24(33)32-16-14-30(15-17-32)23-22(20-27)28-11-12-29-23/h4-12H,13-19H2,1-3H3/b10-7+. The molecule has 1 aromatic carbocycles. The molecule has 0 saturated carbocycles. The molecule has 3 rings (SSSR count). The lowest BCUT2D eigenvalue weighted by molar-refractivity contribution is 0.0216. The summed E-state index contributed by atoms with van der Waals surface area (Å²) in [6.07, 6.45) is 5.91. The third kappa shape index (κ3) is 7.98. The fourth-order valence-corrected chi connectivity index (χ4v) is 3.54. The van der Waals surface area contributed by atoms with E-state index >= 15 is 0 Å². The van der Waals surface area contributed by atoms with E-state index in [2.05, 4.69) is 9.97 Å². The molecule has 2 amide bonds. The number of aromatic nitrogens is 2. The topological polar surface area (TPSA) is 112 Å². The van der Waals surface area contributed by atoms with Gasteiger partial charge in [0.1, 0.15) is 18.3 Å². The van der Waals surface area contributed by atoms with Crippen LogP contribution in [0.1, 0.15) is 32.0 Å². The van der Waals surface area contributed by atoms with Crippen LogP contribution in [0, 0.1) is 11.3 Å². The maximum Gasteiger partial charge on any atom is 0.410 e. The van der Waals surface area contributed by atoms with Crippen molar-refractivity contribution < 1.29 is 19.1 Å². The Kier molecular flexibility index (Phi) is 9.22. The van der Waals surface area contributed by atoms with Crippen molar-refractivity contribution in [1.82, 2.24) is 19.8 Å². The number of carbonyl (C=O) groups excluding carboxylic acids is 2. The molecule has 0 N–H and O–H groups in total. The molecule has 0 radical (unpaired) electrons. The van der Waals surface area contributed by atoms with E-state index < -0.39 is 17.8 Å². The Morgan fingerprint density at radius 2 is 1.81 bits per heavy atom. The van der Waals surface area contributed by atoms with Crippen LogP contribution in [0.25, 0.3) is 6.08 Å². The summed E-state index contributed by atoms with van der Waals surface area (Å²) in [5.74, 6) is 0.518. The van der Waals surface area contributed by atoms with Gasteiger partial charge in [0.2, 0.25) is 0 Å². The number of benzene rings is 1. The summed E-state index contributed by atoms with van der Waals surface area (Å²) in [5, 5.41) is 9.24. The number of rotatable bonds is 7. The van der Waals surface area contributed by atoms with E-state index in [1.165, 1.54) is 11.1 Å². The summed E-state index contributed by atoms with van der Waals surface area (Å²) < 4.78 is 11.0. The summed E-state index contributed by atoms with van der Waals surface area (Å²) in [7, 11) is 0. The van der Waals surface area contributed by atoms with E-state index in [0.29, 0.717) is 38.5 Å². The van der Waals surface area contributed by atoms with Crippen molar-refractivity contribution in [2.75, 3.05) is 50.8 Å². The van der Waals surface area contributed by atoms with Crippen LogP contribution in [0.5, 0.6) is 0 Å².